The van der Waals surface area contributed by atoms with Crippen LogP contribution in [0.2, 0.25) is 0 Å². The van der Waals surface area contributed by atoms with Crippen molar-refractivity contribution in [1.29, 1.82) is 0 Å². The zero-order chi connectivity index (χ0) is 21.1. The van der Waals surface area contributed by atoms with Crippen LogP contribution in [0.4, 0.5) is 8.78 Å². The Balaban J connectivity index is 1.52. The van der Waals surface area contributed by atoms with Crippen LogP contribution in [0.1, 0.15) is 30.4 Å². The largest absolute Gasteiger partial charge is 0.505 e. The van der Waals surface area contributed by atoms with Gasteiger partial charge in [0, 0.05) is 41.7 Å². The summed E-state index contributed by atoms with van der Waals surface area (Å²) in [7, 11) is 0. The van der Waals surface area contributed by atoms with E-state index < -0.39 is 11.6 Å². The van der Waals surface area contributed by atoms with Gasteiger partial charge in [-0.15, -0.1) is 0 Å². The number of hydrogen-bond donors (Lipinski definition) is 1. The molecule has 4 rings (SSSR count). The van der Waals surface area contributed by atoms with Gasteiger partial charge in [-0.2, -0.15) is 4.39 Å². The van der Waals surface area contributed by atoms with Crippen molar-refractivity contribution in [3.05, 3.63) is 57.8 Å². The highest BCUT2D eigenvalue weighted by Crippen LogP contribution is 2.42. The highest BCUT2D eigenvalue weighted by Gasteiger charge is 2.25. The second-order valence-corrected chi connectivity index (χ2v) is 8.51. The Hall–Kier alpha value is -2.12. The highest BCUT2D eigenvalue weighted by atomic mass is 79.9. The molecule has 160 valence electrons. The summed E-state index contributed by atoms with van der Waals surface area (Å²) in [6, 6.07) is 10.7. The number of alkyl halides is 1. The van der Waals surface area contributed by atoms with Crippen LogP contribution < -0.4 is 9.47 Å². The monoisotopic (exact) mass is 479 g/mol. The third kappa shape index (κ3) is 4.47. The lowest BCUT2D eigenvalue weighted by molar-refractivity contribution is 0.198. The van der Waals surface area contributed by atoms with Gasteiger partial charge in [-0.3, -0.25) is 9.29 Å². The molecule has 0 aromatic heterocycles. The molecule has 1 saturated heterocycles. The zero-order valence-corrected chi connectivity index (χ0v) is 18.1. The third-order valence-electron chi connectivity index (χ3n) is 5.47. The number of rotatable bonds is 6. The quantitative estimate of drug-likeness (QED) is 0.611. The molecule has 2 aliphatic rings. The normalized spacial score (nSPS) is 19.4. The number of aromatic hydroxyl groups is 1. The van der Waals surface area contributed by atoms with Crippen LogP contribution in [0, 0.1) is 5.82 Å². The number of likely N-dealkylation sites (tertiary alicyclic amines) is 1. The first-order valence-electron chi connectivity index (χ1n) is 10.2. The average Bonchev–Trinajstić information content (AvgIpc) is 3.12. The first-order chi connectivity index (χ1) is 14.6. The summed E-state index contributed by atoms with van der Waals surface area (Å²) in [6.45, 7) is 2.54. The van der Waals surface area contributed by atoms with Crippen molar-refractivity contribution in [2.45, 2.75) is 25.4 Å². The molecule has 2 aromatic rings. The van der Waals surface area contributed by atoms with Crippen LogP contribution in [-0.4, -0.2) is 49.0 Å². The second-order valence-electron chi connectivity index (χ2n) is 7.55. The van der Waals surface area contributed by atoms with Gasteiger partial charge < -0.3 is 14.6 Å². The number of phenolic OH excluding ortho intramolecular Hbond substituents is 1. The van der Waals surface area contributed by atoms with Gasteiger partial charge in [-0.1, -0.05) is 28.1 Å². The zero-order valence-electron chi connectivity index (χ0n) is 16.5. The van der Waals surface area contributed by atoms with Crippen LogP contribution in [0.3, 0.4) is 0 Å². The van der Waals surface area contributed by atoms with Gasteiger partial charge in [0.15, 0.2) is 11.5 Å². The van der Waals surface area contributed by atoms with Crippen molar-refractivity contribution < 1.29 is 23.4 Å². The SMILES string of the molecule is Oc1ccc2c(c1F)OCCC(Br)=C2c1ccc(OC2CCN(CCCF)C2)cc1. The summed E-state index contributed by atoms with van der Waals surface area (Å²) >= 11 is 3.62. The molecule has 2 aliphatic heterocycles. The van der Waals surface area contributed by atoms with Crippen LogP contribution >= 0.6 is 15.9 Å². The predicted molar refractivity (Wildman–Crippen MR) is 116 cm³/mol. The van der Waals surface area contributed by atoms with E-state index >= 15 is 0 Å². The third-order valence-corrected chi connectivity index (χ3v) is 6.26. The molecule has 0 bridgehead atoms. The van der Waals surface area contributed by atoms with E-state index in [1.54, 1.807) is 6.07 Å². The molecule has 30 heavy (non-hydrogen) atoms. The van der Waals surface area contributed by atoms with E-state index in [4.69, 9.17) is 9.47 Å². The fourth-order valence-corrected chi connectivity index (χ4v) is 4.59. The fraction of sp³-hybridized carbons (Fsp3) is 0.391. The molecule has 1 N–H and O–H groups in total. The van der Waals surface area contributed by atoms with Gasteiger partial charge in [0.25, 0.3) is 0 Å². The number of fused-ring (bicyclic) bond motifs is 1. The topological polar surface area (TPSA) is 41.9 Å². The van der Waals surface area contributed by atoms with E-state index in [1.165, 1.54) is 6.07 Å². The molecule has 1 fully saturated rings. The predicted octanol–water partition coefficient (Wildman–Crippen LogP) is 5.28. The number of nitrogens with zero attached hydrogens (tertiary/aromatic N) is 1. The maximum absolute atomic E-state index is 14.4. The smallest absolute Gasteiger partial charge is 0.207 e. The molecular weight excluding hydrogens is 456 g/mol. The number of ether oxygens (including phenoxy) is 2. The minimum absolute atomic E-state index is 0.0686. The Morgan fingerprint density at radius 2 is 2.00 bits per heavy atom. The van der Waals surface area contributed by atoms with E-state index in [2.05, 4.69) is 20.8 Å². The first-order valence-corrected chi connectivity index (χ1v) is 10.9. The van der Waals surface area contributed by atoms with Gasteiger partial charge in [-0.05, 0) is 42.7 Å². The van der Waals surface area contributed by atoms with Crippen molar-refractivity contribution in [3.8, 4) is 17.2 Å². The first kappa shape index (κ1) is 21.1. The lowest BCUT2D eigenvalue weighted by atomic mass is 9.96. The molecule has 0 aliphatic carbocycles. The molecule has 0 saturated carbocycles. The van der Waals surface area contributed by atoms with Crippen molar-refractivity contribution in [2.24, 2.45) is 0 Å². The molecule has 7 heteroatoms. The Bertz CT molecular complexity index is 933. The number of phenols is 1. The molecule has 0 radical (unpaired) electrons. The summed E-state index contributed by atoms with van der Waals surface area (Å²) in [4.78, 5) is 2.23. The Morgan fingerprint density at radius 3 is 2.77 bits per heavy atom. The van der Waals surface area contributed by atoms with Gasteiger partial charge in [-0.25, -0.2) is 0 Å². The standard InChI is InChI=1S/C23H24BrF2NO3/c24-19-9-13-29-23-18(6-7-20(28)22(23)26)21(19)15-2-4-16(5-3-15)30-17-8-12-27(14-17)11-1-10-25/h2-7,17,28H,1,8-14H2. The van der Waals surface area contributed by atoms with Crippen molar-refractivity contribution >= 4 is 21.5 Å². The Kier molecular flexibility index (Phi) is 6.58. The Labute approximate surface area is 183 Å². The summed E-state index contributed by atoms with van der Waals surface area (Å²) in [6.07, 6.45) is 2.19. The fourth-order valence-electron chi connectivity index (χ4n) is 3.98. The summed E-state index contributed by atoms with van der Waals surface area (Å²) < 4.78 is 39.4. The highest BCUT2D eigenvalue weighted by molar-refractivity contribution is 9.11. The van der Waals surface area contributed by atoms with E-state index in [1.807, 2.05) is 24.3 Å². The number of benzene rings is 2. The Morgan fingerprint density at radius 1 is 1.20 bits per heavy atom. The minimum atomic E-state index is -0.745. The molecule has 2 aromatic carbocycles. The lowest BCUT2D eigenvalue weighted by Crippen LogP contribution is -2.26. The molecule has 1 unspecified atom stereocenters. The maximum Gasteiger partial charge on any atom is 0.207 e. The van der Waals surface area contributed by atoms with Crippen LogP contribution in [0.5, 0.6) is 17.2 Å². The molecule has 0 amide bonds. The minimum Gasteiger partial charge on any atom is -0.505 e. The molecule has 4 nitrogen and oxygen atoms in total. The van der Waals surface area contributed by atoms with Crippen molar-refractivity contribution in [1.82, 2.24) is 4.90 Å². The van der Waals surface area contributed by atoms with E-state index in [9.17, 15) is 13.9 Å². The van der Waals surface area contributed by atoms with E-state index in [0.717, 1.165) is 47.4 Å². The summed E-state index contributed by atoms with van der Waals surface area (Å²) in [5, 5.41) is 9.71. The van der Waals surface area contributed by atoms with E-state index in [0.29, 0.717) is 25.0 Å². The van der Waals surface area contributed by atoms with Gasteiger partial charge >= 0.3 is 0 Å². The number of halogens is 3. The van der Waals surface area contributed by atoms with Crippen LogP contribution in [-0.2, 0) is 0 Å². The van der Waals surface area contributed by atoms with Gasteiger partial charge in [0.1, 0.15) is 11.9 Å². The second kappa shape index (κ2) is 9.35. The summed E-state index contributed by atoms with van der Waals surface area (Å²) in [5.41, 5.74) is 2.34. The number of hydrogen-bond acceptors (Lipinski definition) is 4. The van der Waals surface area contributed by atoms with Crippen molar-refractivity contribution in [2.75, 3.05) is 32.9 Å². The van der Waals surface area contributed by atoms with E-state index in [-0.39, 0.29) is 18.5 Å². The summed E-state index contributed by atoms with van der Waals surface area (Å²) in [5.74, 6) is -0.327. The molecule has 2 heterocycles. The lowest BCUT2D eigenvalue weighted by Gasteiger charge is -2.17. The van der Waals surface area contributed by atoms with Crippen LogP contribution in [0.25, 0.3) is 5.57 Å². The molecule has 1 atom stereocenters. The maximum atomic E-state index is 14.4. The van der Waals surface area contributed by atoms with Gasteiger partial charge in [0.05, 0.1) is 13.3 Å². The average molecular weight is 480 g/mol. The van der Waals surface area contributed by atoms with Crippen LogP contribution in [0.15, 0.2) is 40.9 Å². The molecular formula is C23H24BrF2NO3. The van der Waals surface area contributed by atoms with Gasteiger partial charge in [0.2, 0.25) is 5.82 Å². The molecule has 0 spiro atoms. The van der Waals surface area contributed by atoms with Crippen molar-refractivity contribution in [3.63, 3.8) is 0 Å².